The van der Waals surface area contributed by atoms with E-state index in [1.54, 1.807) is 0 Å². The van der Waals surface area contributed by atoms with E-state index in [1.165, 1.54) is 32.4 Å². The molecule has 0 N–H and O–H groups in total. The van der Waals surface area contributed by atoms with Crippen molar-refractivity contribution in [2.45, 2.75) is 58.4 Å². The molecule has 0 aromatic rings. The lowest BCUT2D eigenvalue weighted by Crippen LogP contribution is -2.44. The molecule has 3 nitrogen and oxygen atoms in total. The van der Waals surface area contributed by atoms with Crippen molar-refractivity contribution < 1.29 is 4.79 Å². The first-order valence-corrected chi connectivity index (χ1v) is 8.59. The minimum absolute atomic E-state index is 0.311. The molecule has 3 atom stereocenters. The molecule has 3 unspecified atom stereocenters. The van der Waals surface area contributed by atoms with Crippen LogP contribution >= 0.6 is 0 Å². The number of likely N-dealkylation sites (N-methyl/N-ethyl adjacent to an activating group) is 1. The first-order chi connectivity index (χ1) is 9.63. The Balaban J connectivity index is 1.96. The van der Waals surface area contributed by atoms with E-state index >= 15 is 0 Å². The van der Waals surface area contributed by atoms with Gasteiger partial charge in [0.05, 0.1) is 0 Å². The molecular weight excluding hydrogens is 248 g/mol. The highest BCUT2D eigenvalue weighted by Gasteiger charge is 2.31. The second-order valence-electron chi connectivity index (χ2n) is 6.88. The Hall–Kier alpha value is -0.410. The summed E-state index contributed by atoms with van der Waals surface area (Å²) in [5.74, 6) is 1.63. The predicted octanol–water partition coefficient (Wildman–Crippen LogP) is 2.80. The summed E-state index contributed by atoms with van der Waals surface area (Å²) in [6.07, 6.45) is 6.77. The predicted molar refractivity (Wildman–Crippen MR) is 83.9 cm³/mol. The molecule has 0 spiro atoms. The molecule has 2 aliphatic rings. The SMILES string of the molecule is CCC1CCC(=O)C(CN2CCCN(C)CC2CC)C1. The van der Waals surface area contributed by atoms with Crippen LogP contribution in [0.25, 0.3) is 0 Å². The average Bonchev–Trinajstić information content (AvgIpc) is 2.62. The Bertz CT molecular complexity index is 318. The topological polar surface area (TPSA) is 23.6 Å². The normalized spacial score (nSPS) is 34.1. The van der Waals surface area contributed by atoms with Gasteiger partial charge in [0, 0.05) is 31.5 Å². The Labute approximate surface area is 124 Å². The van der Waals surface area contributed by atoms with Crippen molar-refractivity contribution >= 4 is 5.78 Å². The summed E-state index contributed by atoms with van der Waals surface area (Å²) in [5, 5.41) is 0. The lowest BCUT2D eigenvalue weighted by molar-refractivity contribution is -0.126. The number of nitrogens with zero attached hydrogens (tertiary/aromatic N) is 2. The van der Waals surface area contributed by atoms with Gasteiger partial charge >= 0.3 is 0 Å². The summed E-state index contributed by atoms with van der Waals surface area (Å²) in [6, 6.07) is 0.636. The Morgan fingerprint density at radius 2 is 2.00 bits per heavy atom. The van der Waals surface area contributed by atoms with E-state index in [0.29, 0.717) is 17.7 Å². The number of carbonyl (C=O) groups excluding carboxylic acids is 1. The van der Waals surface area contributed by atoms with Gasteiger partial charge in [-0.2, -0.15) is 0 Å². The fourth-order valence-electron chi connectivity index (χ4n) is 3.95. The van der Waals surface area contributed by atoms with E-state index in [1.807, 2.05) is 0 Å². The van der Waals surface area contributed by atoms with Crippen LogP contribution in [0.3, 0.4) is 0 Å². The minimum Gasteiger partial charge on any atom is -0.305 e. The molecule has 0 radical (unpaired) electrons. The summed E-state index contributed by atoms with van der Waals surface area (Å²) in [6.45, 7) is 9.10. The molecule has 0 aromatic carbocycles. The van der Waals surface area contributed by atoms with Gasteiger partial charge in [-0.1, -0.05) is 20.3 Å². The molecule has 1 saturated carbocycles. The molecule has 1 saturated heterocycles. The number of ketones is 1. The van der Waals surface area contributed by atoms with Crippen LogP contribution in [0, 0.1) is 11.8 Å². The number of carbonyl (C=O) groups is 1. The molecule has 3 heteroatoms. The van der Waals surface area contributed by atoms with Gasteiger partial charge in [0.15, 0.2) is 0 Å². The van der Waals surface area contributed by atoms with Crippen LogP contribution in [0.5, 0.6) is 0 Å². The number of hydrogen-bond donors (Lipinski definition) is 0. The lowest BCUT2D eigenvalue weighted by Gasteiger charge is -2.35. The molecule has 20 heavy (non-hydrogen) atoms. The minimum atomic E-state index is 0.311. The Kier molecular flexibility index (Phi) is 6.03. The highest BCUT2D eigenvalue weighted by molar-refractivity contribution is 5.81. The van der Waals surface area contributed by atoms with Gasteiger partial charge in [-0.15, -0.1) is 0 Å². The van der Waals surface area contributed by atoms with Crippen molar-refractivity contribution in [1.29, 1.82) is 0 Å². The quantitative estimate of drug-likeness (QED) is 0.791. The number of rotatable bonds is 4. The number of Topliss-reactive ketones (excluding diaryl/α,β-unsaturated/α-hetero) is 1. The van der Waals surface area contributed by atoms with Crippen LogP contribution in [-0.2, 0) is 4.79 Å². The zero-order chi connectivity index (χ0) is 14.5. The smallest absolute Gasteiger partial charge is 0.137 e. The van der Waals surface area contributed by atoms with Gasteiger partial charge in [0.1, 0.15) is 5.78 Å². The maximum atomic E-state index is 12.2. The summed E-state index contributed by atoms with van der Waals surface area (Å²) in [7, 11) is 2.23. The van der Waals surface area contributed by atoms with Crippen LogP contribution in [0.1, 0.15) is 52.4 Å². The molecule has 0 amide bonds. The van der Waals surface area contributed by atoms with Crippen molar-refractivity contribution in [3.8, 4) is 0 Å². The van der Waals surface area contributed by atoms with Crippen molar-refractivity contribution in [1.82, 2.24) is 9.80 Å². The molecule has 1 aliphatic heterocycles. The highest BCUT2D eigenvalue weighted by Crippen LogP contribution is 2.30. The van der Waals surface area contributed by atoms with Crippen molar-refractivity contribution in [2.75, 3.05) is 33.2 Å². The van der Waals surface area contributed by atoms with Crippen molar-refractivity contribution in [3.63, 3.8) is 0 Å². The maximum absolute atomic E-state index is 12.2. The molecule has 1 aliphatic carbocycles. The standard InChI is InChI=1S/C17H32N2O/c1-4-14-7-8-17(20)15(11-14)12-19-10-6-9-18(3)13-16(19)5-2/h14-16H,4-13H2,1-3H3. The first-order valence-electron chi connectivity index (χ1n) is 8.59. The fraction of sp³-hybridized carbons (Fsp3) is 0.941. The first kappa shape index (κ1) is 16.0. The molecule has 0 aromatic heterocycles. The third-order valence-corrected chi connectivity index (χ3v) is 5.40. The monoisotopic (exact) mass is 280 g/mol. The van der Waals surface area contributed by atoms with E-state index in [4.69, 9.17) is 0 Å². The largest absolute Gasteiger partial charge is 0.305 e. The third kappa shape index (κ3) is 4.05. The molecule has 116 valence electrons. The lowest BCUT2D eigenvalue weighted by atomic mass is 9.79. The molecule has 1 heterocycles. The summed E-state index contributed by atoms with van der Waals surface area (Å²) < 4.78 is 0. The van der Waals surface area contributed by atoms with Crippen LogP contribution < -0.4 is 0 Å². The second kappa shape index (κ2) is 7.56. The summed E-state index contributed by atoms with van der Waals surface area (Å²) >= 11 is 0. The van der Waals surface area contributed by atoms with Gasteiger partial charge in [0.2, 0.25) is 0 Å². The van der Waals surface area contributed by atoms with E-state index in [0.717, 1.165) is 38.3 Å². The van der Waals surface area contributed by atoms with Crippen molar-refractivity contribution in [3.05, 3.63) is 0 Å². The molecule has 2 rings (SSSR count). The van der Waals surface area contributed by atoms with Gasteiger partial charge in [-0.25, -0.2) is 0 Å². The highest BCUT2D eigenvalue weighted by atomic mass is 16.1. The van der Waals surface area contributed by atoms with Crippen molar-refractivity contribution in [2.24, 2.45) is 11.8 Å². The van der Waals surface area contributed by atoms with Crippen LogP contribution in [-0.4, -0.2) is 54.9 Å². The zero-order valence-electron chi connectivity index (χ0n) is 13.6. The Morgan fingerprint density at radius 3 is 2.70 bits per heavy atom. The zero-order valence-corrected chi connectivity index (χ0v) is 13.6. The van der Waals surface area contributed by atoms with Gasteiger partial charge in [-0.05, 0) is 51.7 Å². The van der Waals surface area contributed by atoms with Gasteiger partial charge < -0.3 is 4.90 Å². The van der Waals surface area contributed by atoms with E-state index in [-0.39, 0.29) is 0 Å². The summed E-state index contributed by atoms with van der Waals surface area (Å²) in [5.41, 5.74) is 0. The van der Waals surface area contributed by atoms with Gasteiger partial charge in [0.25, 0.3) is 0 Å². The molecular formula is C17H32N2O. The van der Waals surface area contributed by atoms with E-state index in [2.05, 4.69) is 30.7 Å². The third-order valence-electron chi connectivity index (χ3n) is 5.40. The van der Waals surface area contributed by atoms with Crippen LogP contribution in [0.15, 0.2) is 0 Å². The van der Waals surface area contributed by atoms with Gasteiger partial charge in [-0.3, -0.25) is 9.69 Å². The Morgan fingerprint density at radius 1 is 1.20 bits per heavy atom. The molecule has 2 fully saturated rings. The van der Waals surface area contributed by atoms with E-state index in [9.17, 15) is 4.79 Å². The van der Waals surface area contributed by atoms with Crippen LogP contribution in [0.4, 0.5) is 0 Å². The van der Waals surface area contributed by atoms with Crippen LogP contribution in [0.2, 0.25) is 0 Å². The van der Waals surface area contributed by atoms with E-state index < -0.39 is 0 Å². The second-order valence-corrected chi connectivity index (χ2v) is 6.88. The summed E-state index contributed by atoms with van der Waals surface area (Å²) in [4.78, 5) is 17.3. The maximum Gasteiger partial charge on any atom is 0.137 e. The fourth-order valence-corrected chi connectivity index (χ4v) is 3.95. The number of hydrogen-bond acceptors (Lipinski definition) is 3. The average molecular weight is 280 g/mol. The molecule has 0 bridgehead atoms.